The standard InChI is InChI=1S/C17H20N2O3/c1-4-9-22-15-7-5-14(10-16(15)21-3)6-8-17(20)19-12-13(2)11-18/h4-8,10,13H,1,9,12H2,2-3H3,(H,19,20). The van der Waals surface area contributed by atoms with Crippen LogP contribution in [0.1, 0.15) is 12.5 Å². The minimum absolute atomic E-state index is 0.210. The quantitative estimate of drug-likeness (QED) is 0.591. The van der Waals surface area contributed by atoms with Crippen LogP contribution >= 0.6 is 0 Å². The van der Waals surface area contributed by atoms with Gasteiger partial charge in [-0.1, -0.05) is 18.7 Å². The molecule has 1 unspecified atom stereocenters. The van der Waals surface area contributed by atoms with E-state index in [1.807, 2.05) is 6.07 Å². The Morgan fingerprint density at radius 2 is 2.27 bits per heavy atom. The molecule has 0 radical (unpaired) electrons. The molecule has 116 valence electrons. The van der Waals surface area contributed by atoms with Crippen molar-refractivity contribution in [1.29, 1.82) is 5.26 Å². The molecule has 1 aromatic rings. The average molecular weight is 300 g/mol. The first-order valence-corrected chi connectivity index (χ1v) is 6.88. The molecule has 1 atom stereocenters. The third-order valence-corrected chi connectivity index (χ3v) is 2.77. The van der Waals surface area contributed by atoms with E-state index in [-0.39, 0.29) is 11.8 Å². The van der Waals surface area contributed by atoms with E-state index < -0.39 is 0 Å². The van der Waals surface area contributed by atoms with E-state index in [9.17, 15) is 4.79 Å². The summed E-state index contributed by atoms with van der Waals surface area (Å²) in [6.45, 7) is 6.06. The second kappa shape index (κ2) is 9.24. The molecule has 0 aliphatic heterocycles. The number of benzene rings is 1. The zero-order valence-corrected chi connectivity index (χ0v) is 12.8. The molecule has 5 heteroatoms. The number of carbonyl (C=O) groups is 1. The fraction of sp³-hybridized carbons (Fsp3) is 0.294. The first-order valence-electron chi connectivity index (χ1n) is 6.88. The zero-order chi connectivity index (χ0) is 16.4. The van der Waals surface area contributed by atoms with E-state index in [2.05, 4.69) is 18.0 Å². The van der Waals surface area contributed by atoms with Crippen LogP contribution in [-0.2, 0) is 4.79 Å². The minimum atomic E-state index is -0.243. The van der Waals surface area contributed by atoms with Gasteiger partial charge in [0, 0.05) is 12.6 Å². The number of carbonyl (C=O) groups excluding carboxylic acids is 1. The van der Waals surface area contributed by atoms with E-state index in [0.29, 0.717) is 24.7 Å². The fourth-order valence-corrected chi connectivity index (χ4v) is 1.59. The largest absolute Gasteiger partial charge is 0.493 e. The zero-order valence-electron chi connectivity index (χ0n) is 12.8. The highest BCUT2D eigenvalue weighted by molar-refractivity contribution is 5.91. The lowest BCUT2D eigenvalue weighted by atomic mass is 10.2. The van der Waals surface area contributed by atoms with Crippen LogP contribution in [0.5, 0.6) is 11.5 Å². The SMILES string of the molecule is C=CCOc1ccc(C=CC(=O)NCC(C)C#N)cc1OC. The van der Waals surface area contributed by atoms with Crippen LogP contribution in [0, 0.1) is 17.2 Å². The first kappa shape index (κ1) is 17.3. The molecule has 22 heavy (non-hydrogen) atoms. The molecule has 1 amide bonds. The number of rotatable bonds is 8. The van der Waals surface area contributed by atoms with E-state index in [4.69, 9.17) is 14.7 Å². The summed E-state index contributed by atoms with van der Waals surface area (Å²) in [6, 6.07) is 7.43. The van der Waals surface area contributed by atoms with Crippen LogP contribution in [0.25, 0.3) is 6.08 Å². The molecule has 5 nitrogen and oxygen atoms in total. The molecule has 0 bridgehead atoms. The first-order chi connectivity index (χ1) is 10.6. The summed E-state index contributed by atoms with van der Waals surface area (Å²) < 4.78 is 10.7. The normalized spacial score (nSPS) is 11.5. The Morgan fingerprint density at radius 3 is 2.91 bits per heavy atom. The molecule has 1 rings (SSSR count). The van der Waals surface area contributed by atoms with E-state index in [1.165, 1.54) is 6.08 Å². The van der Waals surface area contributed by atoms with Crippen molar-refractivity contribution >= 4 is 12.0 Å². The van der Waals surface area contributed by atoms with Gasteiger partial charge < -0.3 is 14.8 Å². The van der Waals surface area contributed by atoms with Crippen molar-refractivity contribution in [2.24, 2.45) is 5.92 Å². The molecule has 1 N–H and O–H groups in total. The van der Waals surface area contributed by atoms with Gasteiger partial charge in [0.25, 0.3) is 0 Å². The van der Waals surface area contributed by atoms with Gasteiger partial charge in [-0.05, 0) is 30.7 Å². The van der Waals surface area contributed by atoms with Crippen molar-refractivity contribution in [3.8, 4) is 17.6 Å². The van der Waals surface area contributed by atoms with Gasteiger partial charge in [0.1, 0.15) is 6.61 Å². The molecule has 0 fully saturated rings. The molecule has 0 spiro atoms. The molecular weight excluding hydrogens is 280 g/mol. The molecule has 1 aromatic carbocycles. The molecule has 0 aliphatic rings. The van der Waals surface area contributed by atoms with Crippen molar-refractivity contribution < 1.29 is 14.3 Å². The molecule has 0 saturated heterocycles. The second-order valence-corrected chi connectivity index (χ2v) is 4.62. The van der Waals surface area contributed by atoms with E-state index in [0.717, 1.165) is 5.56 Å². The predicted molar refractivity (Wildman–Crippen MR) is 85.5 cm³/mol. The van der Waals surface area contributed by atoms with E-state index >= 15 is 0 Å². The van der Waals surface area contributed by atoms with Gasteiger partial charge in [0.15, 0.2) is 11.5 Å². The van der Waals surface area contributed by atoms with Gasteiger partial charge >= 0.3 is 0 Å². The molecule has 0 heterocycles. The summed E-state index contributed by atoms with van der Waals surface area (Å²) in [6.07, 6.45) is 4.75. The maximum absolute atomic E-state index is 11.6. The highest BCUT2D eigenvalue weighted by Gasteiger charge is 2.05. The number of nitriles is 1. The van der Waals surface area contributed by atoms with Gasteiger partial charge in [-0.2, -0.15) is 5.26 Å². The smallest absolute Gasteiger partial charge is 0.244 e. The lowest BCUT2D eigenvalue weighted by Gasteiger charge is -2.09. The molecular formula is C17H20N2O3. The number of nitrogens with one attached hydrogen (secondary N) is 1. The van der Waals surface area contributed by atoms with Crippen LogP contribution in [-0.4, -0.2) is 26.2 Å². The Balaban J connectivity index is 2.69. The van der Waals surface area contributed by atoms with Crippen molar-refractivity contribution in [2.75, 3.05) is 20.3 Å². The van der Waals surface area contributed by atoms with Crippen molar-refractivity contribution in [2.45, 2.75) is 6.92 Å². The lowest BCUT2D eigenvalue weighted by molar-refractivity contribution is -0.116. The number of amides is 1. The van der Waals surface area contributed by atoms with Gasteiger partial charge in [0.2, 0.25) is 5.91 Å². The summed E-state index contributed by atoms with van der Waals surface area (Å²) in [5.74, 6) is 0.751. The van der Waals surface area contributed by atoms with Crippen LogP contribution in [0.3, 0.4) is 0 Å². The molecule has 0 aliphatic carbocycles. The van der Waals surface area contributed by atoms with Crippen LogP contribution in [0.4, 0.5) is 0 Å². The number of hydrogen-bond donors (Lipinski definition) is 1. The summed E-state index contributed by atoms with van der Waals surface area (Å²) in [5.41, 5.74) is 0.811. The van der Waals surface area contributed by atoms with Crippen molar-refractivity contribution in [3.63, 3.8) is 0 Å². The Kier molecular flexibility index (Phi) is 7.27. The number of nitrogens with zero attached hydrogens (tertiary/aromatic N) is 1. The monoisotopic (exact) mass is 300 g/mol. The Bertz CT molecular complexity index is 588. The van der Waals surface area contributed by atoms with Gasteiger partial charge in [-0.15, -0.1) is 0 Å². The predicted octanol–water partition coefficient (Wildman–Crippen LogP) is 2.55. The summed E-state index contributed by atoms with van der Waals surface area (Å²) >= 11 is 0. The highest BCUT2D eigenvalue weighted by Crippen LogP contribution is 2.28. The van der Waals surface area contributed by atoms with Crippen LogP contribution in [0.15, 0.2) is 36.9 Å². The maximum Gasteiger partial charge on any atom is 0.244 e. The Labute approximate surface area is 130 Å². The molecule has 0 saturated carbocycles. The lowest BCUT2D eigenvalue weighted by Crippen LogP contribution is -2.25. The van der Waals surface area contributed by atoms with Gasteiger partial charge in [-0.3, -0.25) is 4.79 Å². The second-order valence-electron chi connectivity index (χ2n) is 4.62. The highest BCUT2D eigenvalue weighted by atomic mass is 16.5. The summed E-state index contributed by atoms with van der Waals surface area (Å²) in [7, 11) is 1.56. The van der Waals surface area contributed by atoms with Crippen molar-refractivity contribution in [3.05, 3.63) is 42.5 Å². The van der Waals surface area contributed by atoms with Gasteiger partial charge in [0.05, 0.1) is 19.1 Å². The summed E-state index contributed by atoms with van der Waals surface area (Å²) in [5, 5.41) is 11.3. The number of hydrogen-bond acceptors (Lipinski definition) is 4. The van der Waals surface area contributed by atoms with Crippen molar-refractivity contribution in [1.82, 2.24) is 5.32 Å². The summed E-state index contributed by atoms with van der Waals surface area (Å²) in [4.78, 5) is 11.6. The maximum atomic E-state index is 11.6. The fourth-order valence-electron chi connectivity index (χ4n) is 1.59. The van der Waals surface area contributed by atoms with E-state index in [1.54, 1.807) is 38.3 Å². The molecule has 0 aromatic heterocycles. The number of methoxy groups -OCH3 is 1. The minimum Gasteiger partial charge on any atom is -0.493 e. The Hall–Kier alpha value is -2.74. The third-order valence-electron chi connectivity index (χ3n) is 2.77. The topological polar surface area (TPSA) is 71.3 Å². The van der Waals surface area contributed by atoms with Crippen LogP contribution in [0.2, 0.25) is 0 Å². The van der Waals surface area contributed by atoms with Crippen LogP contribution < -0.4 is 14.8 Å². The number of ether oxygens (including phenoxy) is 2. The third kappa shape index (κ3) is 5.71. The average Bonchev–Trinajstić information content (AvgIpc) is 2.55. The van der Waals surface area contributed by atoms with Gasteiger partial charge in [-0.25, -0.2) is 0 Å². The Morgan fingerprint density at radius 1 is 1.50 bits per heavy atom.